The van der Waals surface area contributed by atoms with Gasteiger partial charge < -0.3 is 27.0 Å². The summed E-state index contributed by atoms with van der Waals surface area (Å²) in [7, 11) is 0. The largest absolute Gasteiger partial charge is 0.368 e. The van der Waals surface area contributed by atoms with Crippen LogP contribution in [-0.2, 0) is 0 Å². The van der Waals surface area contributed by atoms with Crippen molar-refractivity contribution in [2.45, 2.75) is 12.8 Å². The van der Waals surface area contributed by atoms with Crippen molar-refractivity contribution in [3.63, 3.8) is 0 Å². The molecule has 0 aromatic heterocycles. The van der Waals surface area contributed by atoms with Crippen molar-refractivity contribution in [1.82, 2.24) is 9.80 Å². The van der Waals surface area contributed by atoms with Gasteiger partial charge in [0.2, 0.25) is 0 Å². The highest BCUT2D eigenvalue weighted by molar-refractivity contribution is 5.98. The number of anilines is 2. The van der Waals surface area contributed by atoms with Crippen molar-refractivity contribution in [3.8, 4) is 6.07 Å². The van der Waals surface area contributed by atoms with E-state index in [9.17, 15) is 4.79 Å². The average molecular weight is 507 g/mol. The van der Waals surface area contributed by atoms with Crippen LogP contribution in [0.1, 0.15) is 28.8 Å². The molecule has 2 aliphatic heterocycles. The van der Waals surface area contributed by atoms with Gasteiger partial charge in [-0.3, -0.25) is 14.6 Å². The number of primary amides is 1. The fraction of sp³-hybridized carbons (Fsp3) is 0.500. The molecule has 0 atom stereocenters. The molecule has 0 radical (unpaired) electrons. The summed E-state index contributed by atoms with van der Waals surface area (Å²) >= 11 is 0. The monoisotopic (exact) mass is 506 g/mol. The molecule has 2 aromatic carbocycles. The molecule has 2 aromatic rings. The minimum Gasteiger partial charge on any atom is -0.368 e. The molecule has 9 nitrogen and oxygen atoms in total. The number of nitrogens with two attached hydrogens (primary N) is 3. The van der Waals surface area contributed by atoms with Crippen molar-refractivity contribution in [1.29, 1.82) is 5.26 Å². The first-order valence-electron chi connectivity index (χ1n) is 13.3. The van der Waals surface area contributed by atoms with E-state index < -0.39 is 0 Å². The minimum atomic E-state index is -0.360. The van der Waals surface area contributed by atoms with Crippen LogP contribution in [-0.4, -0.2) is 94.2 Å². The molecule has 2 saturated heterocycles. The van der Waals surface area contributed by atoms with E-state index in [4.69, 9.17) is 22.5 Å². The van der Waals surface area contributed by atoms with E-state index in [2.05, 4.69) is 25.7 Å². The van der Waals surface area contributed by atoms with E-state index in [-0.39, 0.29) is 5.91 Å². The maximum atomic E-state index is 11.4. The fourth-order valence-electron chi connectivity index (χ4n) is 4.86. The lowest BCUT2D eigenvalue weighted by molar-refractivity contribution is 0.100. The van der Waals surface area contributed by atoms with Crippen LogP contribution in [0, 0.1) is 11.3 Å². The van der Waals surface area contributed by atoms with Crippen LogP contribution >= 0.6 is 0 Å². The SMILES string of the molecule is N#Cc1ccccc1N1CCN(CCCN)CC1.NCCCN1CCN(c2ccccc2C(N)=O)CC1. The molecule has 0 bridgehead atoms. The second-order valence-corrected chi connectivity index (χ2v) is 9.45. The number of carbonyl (C=O) groups is 1. The smallest absolute Gasteiger partial charge is 0.250 e. The number of nitriles is 1. The maximum Gasteiger partial charge on any atom is 0.250 e. The predicted molar refractivity (Wildman–Crippen MR) is 151 cm³/mol. The van der Waals surface area contributed by atoms with Crippen LogP contribution in [0.2, 0.25) is 0 Å². The highest BCUT2D eigenvalue weighted by Crippen LogP contribution is 2.22. The molecule has 9 heteroatoms. The van der Waals surface area contributed by atoms with Gasteiger partial charge in [0, 0.05) is 58.0 Å². The number of amides is 1. The molecule has 2 fully saturated rings. The van der Waals surface area contributed by atoms with E-state index in [1.54, 1.807) is 6.07 Å². The zero-order chi connectivity index (χ0) is 26.5. The highest BCUT2D eigenvalue weighted by Gasteiger charge is 2.20. The summed E-state index contributed by atoms with van der Waals surface area (Å²) in [5.74, 6) is -0.360. The van der Waals surface area contributed by atoms with E-state index in [0.717, 1.165) is 108 Å². The molecule has 0 aliphatic carbocycles. The molecule has 37 heavy (non-hydrogen) atoms. The third-order valence-electron chi connectivity index (χ3n) is 6.98. The lowest BCUT2D eigenvalue weighted by Gasteiger charge is -2.36. The van der Waals surface area contributed by atoms with E-state index >= 15 is 0 Å². The minimum absolute atomic E-state index is 0.360. The van der Waals surface area contributed by atoms with E-state index in [1.165, 1.54) is 0 Å². The van der Waals surface area contributed by atoms with Gasteiger partial charge in [-0.1, -0.05) is 24.3 Å². The zero-order valence-corrected chi connectivity index (χ0v) is 21.9. The van der Waals surface area contributed by atoms with Crippen LogP contribution in [0.25, 0.3) is 0 Å². The van der Waals surface area contributed by atoms with Crippen LogP contribution < -0.4 is 27.0 Å². The molecular formula is C28H42N8O. The normalized spacial score (nSPS) is 16.6. The Labute approximate surface area is 221 Å². The van der Waals surface area contributed by atoms with Gasteiger partial charge in [0.25, 0.3) is 5.91 Å². The van der Waals surface area contributed by atoms with Gasteiger partial charge in [-0.25, -0.2) is 0 Å². The van der Waals surface area contributed by atoms with Crippen LogP contribution in [0.15, 0.2) is 48.5 Å². The molecule has 200 valence electrons. The maximum absolute atomic E-state index is 11.4. The van der Waals surface area contributed by atoms with Gasteiger partial charge in [0.05, 0.1) is 16.8 Å². The van der Waals surface area contributed by atoms with Gasteiger partial charge in [-0.15, -0.1) is 0 Å². The standard InChI is InChI=1S/C14H22N4O.C14H20N4/c15-6-3-7-17-8-10-18(11-9-17)13-5-2-1-4-12(13)14(16)19;15-6-3-7-17-8-10-18(11-9-17)14-5-2-1-4-13(14)12-16/h1-2,4-5H,3,6-11,15H2,(H2,16,19);1-2,4-5H,3,6-11,15H2. The Hall–Kier alpha value is -3.16. The van der Waals surface area contributed by atoms with Gasteiger partial charge in [0.15, 0.2) is 0 Å². The van der Waals surface area contributed by atoms with Crippen molar-refractivity contribution < 1.29 is 4.79 Å². The van der Waals surface area contributed by atoms with E-state index in [0.29, 0.717) is 5.56 Å². The summed E-state index contributed by atoms with van der Waals surface area (Å²) in [4.78, 5) is 20.8. The molecule has 1 amide bonds. The number of piperazine rings is 2. The summed E-state index contributed by atoms with van der Waals surface area (Å²) in [6, 6.07) is 17.7. The Balaban J connectivity index is 0.000000206. The molecule has 2 heterocycles. The molecule has 0 saturated carbocycles. The summed E-state index contributed by atoms with van der Waals surface area (Å²) in [5, 5.41) is 9.12. The number of hydrogen-bond acceptors (Lipinski definition) is 8. The summed E-state index contributed by atoms with van der Waals surface area (Å²) < 4.78 is 0. The van der Waals surface area contributed by atoms with Crippen LogP contribution in [0.3, 0.4) is 0 Å². The Morgan fingerprint density at radius 3 is 1.68 bits per heavy atom. The van der Waals surface area contributed by atoms with Crippen LogP contribution in [0.5, 0.6) is 0 Å². The highest BCUT2D eigenvalue weighted by atomic mass is 16.1. The second-order valence-electron chi connectivity index (χ2n) is 9.45. The summed E-state index contributed by atoms with van der Waals surface area (Å²) in [5.41, 5.74) is 19.9. The van der Waals surface area contributed by atoms with Crippen LogP contribution in [0.4, 0.5) is 11.4 Å². The quantitative estimate of drug-likeness (QED) is 0.464. The molecule has 4 rings (SSSR count). The number of hydrogen-bond donors (Lipinski definition) is 3. The third kappa shape index (κ3) is 8.44. The molecule has 2 aliphatic rings. The third-order valence-corrected chi connectivity index (χ3v) is 6.98. The first-order valence-corrected chi connectivity index (χ1v) is 13.3. The van der Waals surface area contributed by atoms with Crippen molar-refractivity contribution in [2.75, 3.05) is 88.3 Å². The van der Waals surface area contributed by atoms with Crippen molar-refractivity contribution in [3.05, 3.63) is 59.7 Å². The molecule has 0 spiro atoms. The first-order chi connectivity index (χ1) is 18.1. The van der Waals surface area contributed by atoms with Crippen molar-refractivity contribution in [2.24, 2.45) is 17.2 Å². The molecular weight excluding hydrogens is 464 g/mol. The lowest BCUT2D eigenvalue weighted by atomic mass is 10.1. The second kappa shape index (κ2) is 15.2. The van der Waals surface area contributed by atoms with Crippen molar-refractivity contribution >= 4 is 17.3 Å². The molecule has 0 unspecified atom stereocenters. The average Bonchev–Trinajstić information content (AvgIpc) is 2.96. The lowest BCUT2D eigenvalue weighted by Crippen LogP contribution is -2.47. The van der Waals surface area contributed by atoms with Gasteiger partial charge in [-0.2, -0.15) is 5.26 Å². The van der Waals surface area contributed by atoms with Gasteiger partial charge in [-0.05, 0) is 63.3 Å². The Morgan fingerprint density at radius 1 is 0.730 bits per heavy atom. The summed E-state index contributed by atoms with van der Waals surface area (Å²) in [6.07, 6.45) is 2.10. The number of rotatable bonds is 9. The summed E-state index contributed by atoms with van der Waals surface area (Å²) in [6.45, 7) is 11.6. The molecule has 6 N–H and O–H groups in total. The fourth-order valence-corrected chi connectivity index (χ4v) is 4.86. The number of benzene rings is 2. The number of carbonyl (C=O) groups excluding carboxylic acids is 1. The predicted octanol–water partition coefficient (Wildman–Crippen LogP) is 1.29. The first kappa shape index (κ1) is 28.4. The Kier molecular flexibility index (Phi) is 11.7. The van der Waals surface area contributed by atoms with Gasteiger partial charge in [0.1, 0.15) is 6.07 Å². The Morgan fingerprint density at radius 2 is 1.19 bits per heavy atom. The zero-order valence-electron chi connectivity index (χ0n) is 21.9. The number of para-hydroxylation sites is 2. The topological polar surface area (TPSA) is 132 Å². The van der Waals surface area contributed by atoms with E-state index in [1.807, 2.05) is 42.5 Å². The van der Waals surface area contributed by atoms with Gasteiger partial charge >= 0.3 is 0 Å². The Bertz CT molecular complexity index is 1010. The number of nitrogens with zero attached hydrogens (tertiary/aromatic N) is 5.